The van der Waals surface area contributed by atoms with Crippen LogP contribution in [0.15, 0.2) is 54.6 Å². The van der Waals surface area contributed by atoms with E-state index in [-0.39, 0.29) is 5.91 Å². The molecule has 3 rings (SSSR count). The third kappa shape index (κ3) is 5.92. The molecule has 1 aliphatic rings. The third-order valence-electron chi connectivity index (χ3n) is 5.22. The number of carbonyl (C=O) groups is 2. The van der Waals surface area contributed by atoms with Gasteiger partial charge in [0, 0.05) is 49.4 Å². The van der Waals surface area contributed by atoms with E-state index in [0.29, 0.717) is 10.6 Å². The summed E-state index contributed by atoms with van der Waals surface area (Å²) >= 11 is 5.89. The minimum Gasteiger partial charge on any atom is -0.478 e. The maximum atomic E-state index is 12.6. The first-order valence-electron chi connectivity index (χ1n) is 9.70. The first-order chi connectivity index (χ1) is 13.9. The minimum absolute atomic E-state index is 0.0571. The highest BCUT2D eigenvalue weighted by molar-refractivity contribution is 6.30. The Morgan fingerprint density at radius 1 is 0.966 bits per heavy atom. The van der Waals surface area contributed by atoms with Crippen molar-refractivity contribution in [2.75, 3.05) is 32.7 Å². The number of amides is 1. The van der Waals surface area contributed by atoms with Gasteiger partial charge in [0.25, 0.3) is 5.91 Å². The van der Waals surface area contributed by atoms with Crippen LogP contribution in [0, 0.1) is 0 Å². The lowest BCUT2D eigenvalue weighted by atomic mass is 10.0. The Balaban J connectivity index is 1.47. The number of aliphatic carboxylic acids is 1. The summed E-state index contributed by atoms with van der Waals surface area (Å²) in [6.45, 7) is 5.90. The van der Waals surface area contributed by atoms with E-state index < -0.39 is 5.97 Å². The molecular weight excluding hydrogens is 388 g/mol. The zero-order chi connectivity index (χ0) is 20.8. The van der Waals surface area contributed by atoms with Gasteiger partial charge in [0.2, 0.25) is 0 Å². The van der Waals surface area contributed by atoms with E-state index in [4.69, 9.17) is 16.7 Å². The molecule has 1 heterocycles. The quantitative estimate of drug-likeness (QED) is 0.732. The fraction of sp³-hybridized carbons (Fsp3) is 0.304. The average Bonchev–Trinajstić information content (AvgIpc) is 2.72. The van der Waals surface area contributed by atoms with E-state index in [9.17, 15) is 9.59 Å². The van der Waals surface area contributed by atoms with Gasteiger partial charge in [-0.25, -0.2) is 4.79 Å². The Bertz CT molecular complexity index is 883. The van der Waals surface area contributed by atoms with Gasteiger partial charge in [0.05, 0.1) is 0 Å². The van der Waals surface area contributed by atoms with E-state index in [1.807, 2.05) is 17.0 Å². The number of nitrogens with zero attached hydrogens (tertiary/aromatic N) is 2. The first kappa shape index (κ1) is 21.1. The zero-order valence-corrected chi connectivity index (χ0v) is 17.2. The van der Waals surface area contributed by atoms with Crippen LogP contribution in [0.5, 0.6) is 0 Å². The molecule has 0 saturated carbocycles. The number of hydrogen-bond donors (Lipinski definition) is 1. The SMILES string of the molecule is CC(=CC(=O)O)c1ccc(CCN2CCN(C(=O)c3ccc(Cl)cc3)CC2)cc1. The van der Waals surface area contributed by atoms with Gasteiger partial charge in [0.15, 0.2) is 0 Å². The number of carboxylic acid groups (broad SMARTS) is 1. The van der Waals surface area contributed by atoms with Crippen molar-refractivity contribution in [2.24, 2.45) is 0 Å². The van der Waals surface area contributed by atoms with Crippen LogP contribution in [0.2, 0.25) is 5.02 Å². The number of piperazine rings is 1. The van der Waals surface area contributed by atoms with Crippen molar-refractivity contribution in [3.8, 4) is 0 Å². The van der Waals surface area contributed by atoms with E-state index in [0.717, 1.165) is 50.3 Å². The van der Waals surface area contributed by atoms with Gasteiger partial charge in [-0.05, 0) is 54.3 Å². The number of rotatable bonds is 6. The number of hydrogen-bond acceptors (Lipinski definition) is 3. The highest BCUT2D eigenvalue weighted by atomic mass is 35.5. The second-order valence-electron chi connectivity index (χ2n) is 7.25. The molecule has 2 aromatic carbocycles. The van der Waals surface area contributed by atoms with Crippen LogP contribution in [0.1, 0.15) is 28.4 Å². The lowest BCUT2D eigenvalue weighted by molar-refractivity contribution is -0.131. The van der Waals surface area contributed by atoms with Crippen molar-refractivity contribution in [1.82, 2.24) is 9.80 Å². The van der Waals surface area contributed by atoms with Crippen molar-refractivity contribution >= 4 is 29.1 Å². The van der Waals surface area contributed by atoms with Crippen LogP contribution in [0.3, 0.4) is 0 Å². The van der Waals surface area contributed by atoms with Gasteiger partial charge in [-0.3, -0.25) is 9.69 Å². The molecule has 1 fully saturated rings. The fourth-order valence-corrected chi connectivity index (χ4v) is 3.57. The summed E-state index contributed by atoms with van der Waals surface area (Å²) in [5, 5.41) is 9.48. The predicted octanol–water partition coefficient (Wildman–Crippen LogP) is 3.83. The van der Waals surface area contributed by atoms with E-state index in [1.54, 1.807) is 31.2 Å². The Hall–Kier alpha value is -2.63. The Kier molecular flexibility index (Phi) is 7.07. The normalized spacial score (nSPS) is 15.4. The molecule has 0 aliphatic carbocycles. The minimum atomic E-state index is -0.930. The van der Waals surface area contributed by atoms with Crippen LogP contribution in [-0.4, -0.2) is 59.5 Å². The van der Waals surface area contributed by atoms with Gasteiger partial charge in [-0.1, -0.05) is 35.9 Å². The molecule has 1 amide bonds. The molecule has 0 spiro atoms. The van der Waals surface area contributed by atoms with Gasteiger partial charge >= 0.3 is 5.97 Å². The Morgan fingerprint density at radius 2 is 1.55 bits per heavy atom. The van der Waals surface area contributed by atoms with Crippen LogP contribution in [0.25, 0.3) is 5.57 Å². The predicted molar refractivity (Wildman–Crippen MR) is 115 cm³/mol. The molecule has 0 aromatic heterocycles. The van der Waals surface area contributed by atoms with Gasteiger partial charge in [0.1, 0.15) is 0 Å². The van der Waals surface area contributed by atoms with Crippen LogP contribution >= 0.6 is 11.6 Å². The number of carbonyl (C=O) groups excluding carboxylic acids is 1. The third-order valence-corrected chi connectivity index (χ3v) is 5.47. The van der Waals surface area contributed by atoms with Crippen molar-refractivity contribution in [3.63, 3.8) is 0 Å². The summed E-state index contributed by atoms with van der Waals surface area (Å²) in [6.07, 6.45) is 2.15. The van der Waals surface area contributed by atoms with Crippen LogP contribution in [0.4, 0.5) is 0 Å². The summed E-state index contributed by atoms with van der Waals surface area (Å²) in [7, 11) is 0. The van der Waals surface area contributed by atoms with Crippen molar-refractivity contribution in [1.29, 1.82) is 0 Å². The Labute approximate surface area is 176 Å². The molecule has 1 N–H and O–H groups in total. The lowest BCUT2D eigenvalue weighted by Crippen LogP contribution is -2.49. The number of allylic oxidation sites excluding steroid dienone is 1. The molecule has 29 heavy (non-hydrogen) atoms. The summed E-state index contributed by atoms with van der Waals surface area (Å²) < 4.78 is 0. The number of benzene rings is 2. The van der Waals surface area contributed by atoms with E-state index in [1.165, 1.54) is 11.6 Å². The summed E-state index contributed by atoms with van der Waals surface area (Å²) in [4.78, 5) is 27.6. The number of halogens is 1. The summed E-state index contributed by atoms with van der Waals surface area (Å²) in [6, 6.07) is 15.1. The molecule has 5 nitrogen and oxygen atoms in total. The molecule has 1 saturated heterocycles. The zero-order valence-electron chi connectivity index (χ0n) is 16.5. The second kappa shape index (κ2) is 9.72. The van der Waals surface area contributed by atoms with Crippen LogP contribution < -0.4 is 0 Å². The van der Waals surface area contributed by atoms with Crippen LogP contribution in [-0.2, 0) is 11.2 Å². The maximum absolute atomic E-state index is 12.6. The number of carboxylic acids is 1. The molecule has 1 aliphatic heterocycles. The summed E-state index contributed by atoms with van der Waals surface area (Å²) in [5.74, 6) is -0.873. The fourth-order valence-electron chi connectivity index (χ4n) is 3.44. The molecule has 0 radical (unpaired) electrons. The van der Waals surface area contributed by atoms with Gasteiger partial charge in [-0.15, -0.1) is 0 Å². The Morgan fingerprint density at radius 3 is 2.14 bits per heavy atom. The molecule has 0 atom stereocenters. The molecule has 2 aromatic rings. The van der Waals surface area contributed by atoms with Crippen molar-refractivity contribution in [2.45, 2.75) is 13.3 Å². The smallest absolute Gasteiger partial charge is 0.328 e. The summed E-state index contributed by atoms with van der Waals surface area (Å²) in [5.41, 5.74) is 3.56. The monoisotopic (exact) mass is 412 g/mol. The van der Waals surface area contributed by atoms with E-state index >= 15 is 0 Å². The first-order valence-corrected chi connectivity index (χ1v) is 10.1. The van der Waals surface area contributed by atoms with Gasteiger partial charge < -0.3 is 10.0 Å². The average molecular weight is 413 g/mol. The largest absolute Gasteiger partial charge is 0.478 e. The standard InChI is InChI=1S/C23H25ClN2O3/c1-17(16-22(27)28)19-4-2-18(3-5-19)10-11-25-12-14-26(15-13-25)23(29)20-6-8-21(24)9-7-20/h2-9,16H,10-15H2,1H3,(H,27,28). The van der Waals surface area contributed by atoms with Crippen molar-refractivity contribution < 1.29 is 14.7 Å². The topological polar surface area (TPSA) is 60.9 Å². The second-order valence-corrected chi connectivity index (χ2v) is 7.69. The van der Waals surface area contributed by atoms with Crippen molar-refractivity contribution in [3.05, 3.63) is 76.3 Å². The molecular formula is C23H25ClN2O3. The molecule has 0 bridgehead atoms. The lowest BCUT2D eigenvalue weighted by Gasteiger charge is -2.34. The van der Waals surface area contributed by atoms with E-state index in [2.05, 4.69) is 17.0 Å². The highest BCUT2D eigenvalue weighted by Crippen LogP contribution is 2.16. The maximum Gasteiger partial charge on any atom is 0.328 e. The van der Waals surface area contributed by atoms with Gasteiger partial charge in [-0.2, -0.15) is 0 Å². The highest BCUT2D eigenvalue weighted by Gasteiger charge is 2.21. The molecule has 152 valence electrons. The molecule has 6 heteroatoms. The molecule has 0 unspecified atom stereocenters.